The molecule has 0 unspecified atom stereocenters. The van der Waals surface area contributed by atoms with E-state index in [0.29, 0.717) is 22.0 Å². The van der Waals surface area contributed by atoms with Crippen LogP contribution in [0.4, 0.5) is 11.4 Å². The second-order valence-electron chi connectivity index (χ2n) is 4.22. The standard InChI is InChI=1S/C15H12ClN3OS/c16-13-7-11(18)3-6-14(13)21-9-15(20)19-12-4-1-10(8-17)2-5-12/h1-7H,9,18H2,(H,19,20). The minimum atomic E-state index is -0.141. The first kappa shape index (κ1) is 15.2. The van der Waals surface area contributed by atoms with Crippen LogP contribution in [0, 0.1) is 11.3 Å². The largest absolute Gasteiger partial charge is 0.399 e. The van der Waals surface area contributed by atoms with E-state index in [1.54, 1.807) is 42.5 Å². The number of hydrogen-bond acceptors (Lipinski definition) is 4. The molecule has 6 heteroatoms. The second kappa shape index (κ2) is 7.02. The van der Waals surface area contributed by atoms with Crippen LogP contribution in [0.1, 0.15) is 5.56 Å². The summed E-state index contributed by atoms with van der Waals surface area (Å²) in [5, 5.41) is 12.0. The third-order valence-electron chi connectivity index (χ3n) is 2.61. The predicted octanol–water partition coefficient (Wildman–Crippen LogP) is 3.52. The molecule has 0 fully saturated rings. The maximum absolute atomic E-state index is 11.9. The van der Waals surface area contributed by atoms with E-state index in [1.807, 2.05) is 6.07 Å². The minimum Gasteiger partial charge on any atom is -0.399 e. The number of nitrogen functional groups attached to an aromatic ring is 1. The lowest BCUT2D eigenvalue weighted by Crippen LogP contribution is -2.13. The molecule has 0 bridgehead atoms. The Balaban J connectivity index is 1.91. The van der Waals surface area contributed by atoms with E-state index in [2.05, 4.69) is 5.32 Å². The molecule has 2 aromatic rings. The van der Waals surface area contributed by atoms with Crippen molar-refractivity contribution in [2.75, 3.05) is 16.8 Å². The number of carbonyl (C=O) groups is 1. The number of halogens is 1. The summed E-state index contributed by atoms with van der Waals surface area (Å²) in [5.74, 6) is 0.0986. The number of nitrogens with two attached hydrogens (primary N) is 1. The van der Waals surface area contributed by atoms with Crippen LogP contribution in [0.3, 0.4) is 0 Å². The van der Waals surface area contributed by atoms with Gasteiger partial charge in [0.2, 0.25) is 5.91 Å². The van der Waals surface area contributed by atoms with Crippen molar-refractivity contribution in [3.63, 3.8) is 0 Å². The topological polar surface area (TPSA) is 78.9 Å². The van der Waals surface area contributed by atoms with Gasteiger partial charge in [-0.2, -0.15) is 5.26 Å². The van der Waals surface area contributed by atoms with Gasteiger partial charge in [0.1, 0.15) is 0 Å². The molecule has 0 aromatic heterocycles. The molecule has 4 nitrogen and oxygen atoms in total. The predicted molar refractivity (Wildman–Crippen MR) is 86.4 cm³/mol. The molecule has 3 N–H and O–H groups in total. The highest BCUT2D eigenvalue weighted by molar-refractivity contribution is 8.00. The van der Waals surface area contributed by atoms with Crippen LogP contribution < -0.4 is 11.1 Å². The molecule has 21 heavy (non-hydrogen) atoms. The lowest BCUT2D eigenvalue weighted by atomic mass is 10.2. The van der Waals surface area contributed by atoms with Crippen molar-refractivity contribution in [3.05, 3.63) is 53.1 Å². The molecule has 0 aliphatic heterocycles. The van der Waals surface area contributed by atoms with Crippen molar-refractivity contribution in [2.45, 2.75) is 4.90 Å². The highest BCUT2D eigenvalue weighted by atomic mass is 35.5. The van der Waals surface area contributed by atoms with Crippen LogP contribution in [-0.2, 0) is 4.79 Å². The fourth-order valence-electron chi connectivity index (χ4n) is 1.60. The quantitative estimate of drug-likeness (QED) is 0.668. The SMILES string of the molecule is N#Cc1ccc(NC(=O)CSc2ccc(N)cc2Cl)cc1. The Hall–Kier alpha value is -2.16. The molecule has 1 amide bonds. The molecule has 0 aliphatic rings. The number of anilines is 2. The summed E-state index contributed by atoms with van der Waals surface area (Å²) in [6.45, 7) is 0. The number of carbonyl (C=O) groups excluding carboxylic acids is 1. The Morgan fingerprint density at radius 3 is 2.62 bits per heavy atom. The van der Waals surface area contributed by atoms with Gasteiger partial charge in [0, 0.05) is 16.3 Å². The molecule has 2 aromatic carbocycles. The third kappa shape index (κ3) is 4.42. The summed E-state index contributed by atoms with van der Waals surface area (Å²) in [5.41, 5.74) is 7.41. The summed E-state index contributed by atoms with van der Waals surface area (Å²) in [6, 6.07) is 13.9. The van der Waals surface area contributed by atoms with Crippen molar-refractivity contribution >= 4 is 40.6 Å². The maximum atomic E-state index is 11.9. The first-order chi connectivity index (χ1) is 10.1. The van der Waals surface area contributed by atoms with E-state index in [1.165, 1.54) is 11.8 Å². The number of nitrogens with one attached hydrogen (secondary N) is 1. The van der Waals surface area contributed by atoms with E-state index in [4.69, 9.17) is 22.6 Å². The van der Waals surface area contributed by atoms with Crippen molar-refractivity contribution in [3.8, 4) is 6.07 Å². The molecule has 0 spiro atoms. The van der Waals surface area contributed by atoms with Crippen LogP contribution in [0.2, 0.25) is 5.02 Å². The Labute approximate surface area is 131 Å². The number of rotatable bonds is 4. The van der Waals surface area contributed by atoms with Gasteiger partial charge in [0.25, 0.3) is 0 Å². The Morgan fingerprint density at radius 1 is 1.29 bits per heavy atom. The molecule has 0 radical (unpaired) electrons. The Bertz CT molecular complexity index is 695. The van der Waals surface area contributed by atoms with Crippen molar-refractivity contribution in [1.82, 2.24) is 0 Å². The third-order valence-corrected chi connectivity index (χ3v) is 4.11. The first-order valence-electron chi connectivity index (χ1n) is 6.06. The minimum absolute atomic E-state index is 0.141. The Kier molecular flexibility index (Phi) is 5.09. The van der Waals surface area contributed by atoms with Crippen LogP contribution in [0.15, 0.2) is 47.4 Å². The number of hydrogen-bond donors (Lipinski definition) is 2. The smallest absolute Gasteiger partial charge is 0.234 e. The molecular weight excluding hydrogens is 306 g/mol. The Morgan fingerprint density at radius 2 is 2.00 bits per heavy atom. The molecule has 106 valence electrons. The van der Waals surface area contributed by atoms with Crippen LogP contribution >= 0.6 is 23.4 Å². The lowest BCUT2D eigenvalue weighted by molar-refractivity contribution is -0.113. The number of amides is 1. The summed E-state index contributed by atoms with van der Waals surface area (Å²) in [6.07, 6.45) is 0. The average Bonchev–Trinajstić information content (AvgIpc) is 2.47. The monoisotopic (exact) mass is 317 g/mol. The van der Waals surface area contributed by atoms with Gasteiger partial charge in [-0.05, 0) is 42.5 Å². The van der Waals surface area contributed by atoms with Crippen LogP contribution in [0.5, 0.6) is 0 Å². The number of nitriles is 1. The highest BCUT2D eigenvalue weighted by Crippen LogP contribution is 2.28. The zero-order valence-electron chi connectivity index (χ0n) is 11.0. The molecule has 2 rings (SSSR count). The molecule has 0 saturated carbocycles. The van der Waals surface area contributed by atoms with Gasteiger partial charge in [-0.1, -0.05) is 11.6 Å². The zero-order valence-corrected chi connectivity index (χ0v) is 12.5. The summed E-state index contributed by atoms with van der Waals surface area (Å²) < 4.78 is 0. The summed E-state index contributed by atoms with van der Waals surface area (Å²) in [4.78, 5) is 12.7. The molecule has 0 saturated heterocycles. The zero-order chi connectivity index (χ0) is 15.2. The van der Waals surface area contributed by atoms with E-state index in [-0.39, 0.29) is 11.7 Å². The molecule has 0 heterocycles. The van der Waals surface area contributed by atoms with Gasteiger partial charge in [-0.15, -0.1) is 11.8 Å². The lowest BCUT2D eigenvalue weighted by Gasteiger charge is -2.06. The van der Waals surface area contributed by atoms with Crippen LogP contribution in [0.25, 0.3) is 0 Å². The highest BCUT2D eigenvalue weighted by Gasteiger charge is 2.07. The van der Waals surface area contributed by atoms with Crippen molar-refractivity contribution in [1.29, 1.82) is 5.26 Å². The number of nitrogens with zero attached hydrogens (tertiary/aromatic N) is 1. The average molecular weight is 318 g/mol. The molecule has 0 aliphatic carbocycles. The summed E-state index contributed by atoms with van der Waals surface area (Å²) in [7, 11) is 0. The van der Waals surface area contributed by atoms with Gasteiger partial charge in [0.05, 0.1) is 22.4 Å². The number of benzene rings is 2. The van der Waals surface area contributed by atoms with E-state index >= 15 is 0 Å². The van der Waals surface area contributed by atoms with Gasteiger partial charge >= 0.3 is 0 Å². The second-order valence-corrected chi connectivity index (χ2v) is 5.64. The fraction of sp³-hybridized carbons (Fsp3) is 0.0667. The molecule has 0 atom stereocenters. The van der Waals surface area contributed by atoms with Gasteiger partial charge < -0.3 is 11.1 Å². The molecular formula is C15H12ClN3OS. The van der Waals surface area contributed by atoms with Gasteiger partial charge in [-0.3, -0.25) is 4.79 Å². The maximum Gasteiger partial charge on any atom is 0.234 e. The fourth-order valence-corrected chi connectivity index (χ4v) is 2.68. The first-order valence-corrected chi connectivity index (χ1v) is 7.42. The van der Waals surface area contributed by atoms with E-state index in [0.717, 1.165) is 4.90 Å². The normalized spacial score (nSPS) is 9.90. The number of thioether (sulfide) groups is 1. The van der Waals surface area contributed by atoms with E-state index < -0.39 is 0 Å². The van der Waals surface area contributed by atoms with Crippen LogP contribution in [-0.4, -0.2) is 11.7 Å². The summed E-state index contributed by atoms with van der Waals surface area (Å²) >= 11 is 7.38. The van der Waals surface area contributed by atoms with Gasteiger partial charge in [0.15, 0.2) is 0 Å². The van der Waals surface area contributed by atoms with E-state index in [9.17, 15) is 4.79 Å². The van der Waals surface area contributed by atoms with Gasteiger partial charge in [-0.25, -0.2) is 0 Å². The van der Waals surface area contributed by atoms with Crippen molar-refractivity contribution in [2.24, 2.45) is 0 Å². The van der Waals surface area contributed by atoms with Crippen molar-refractivity contribution < 1.29 is 4.79 Å².